The zero-order valence-electron chi connectivity index (χ0n) is 48.0. The number of nitrogen functional groups attached to an aromatic ring is 1. The van der Waals surface area contributed by atoms with Gasteiger partial charge in [0.25, 0.3) is 22.4 Å². The number of non-ortho nitro benzene ring substituents is 1. The number of rotatable bonds is 22. The van der Waals surface area contributed by atoms with Crippen LogP contribution in [-0.2, 0) is 40.6 Å². The van der Waals surface area contributed by atoms with E-state index in [0.29, 0.717) is 39.7 Å². The first-order chi connectivity index (χ1) is 39.9. The summed E-state index contributed by atoms with van der Waals surface area (Å²) in [4.78, 5) is 97.2. The molecule has 0 aliphatic rings. The highest BCUT2D eigenvalue weighted by molar-refractivity contribution is 5.97. The summed E-state index contributed by atoms with van der Waals surface area (Å²) in [6.45, 7) is 12.1. The van der Waals surface area contributed by atoms with Crippen molar-refractivity contribution in [1.82, 2.24) is 34.0 Å². The van der Waals surface area contributed by atoms with E-state index in [-0.39, 0.29) is 101 Å². The number of amidine groups is 1. The molecule has 1 amide bonds. The fraction of sp³-hybridized carbons (Fsp3) is 0.298. The molecular weight excluding hydrogens is 1090 g/mol. The van der Waals surface area contributed by atoms with Crippen LogP contribution in [0.15, 0.2) is 123 Å². The fourth-order valence-electron chi connectivity index (χ4n) is 7.98. The Morgan fingerprint density at radius 2 is 1.10 bits per heavy atom. The molecule has 444 valence electrons. The van der Waals surface area contributed by atoms with E-state index in [9.17, 15) is 38.9 Å². The van der Waals surface area contributed by atoms with Crippen LogP contribution in [0.25, 0.3) is 33.8 Å². The molecule has 0 spiro atoms. The summed E-state index contributed by atoms with van der Waals surface area (Å²) < 4.78 is 19.4. The van der Waals surface area contributed by atoms with Crippen LogP contribution in [0.2, 0.25) is 0 Å². The van der Waals surface area contributed by atoms with Gasteiger partial charge in [0.15, 0.2) is 23.3 Å². The van der Waals surface area contributed by atoms with Gasteiger partial charge in [-0.2, -0.15) is 0 Å². The summed E-state index contributed by atoms with van der Waals surface area (Å²) >= 11 is 0. The number of oxime groups is 1. The minimum atomic E-state index is -1.23. The van der Waals surface area contributed by atoms with E-state index in [2.05, 4.69) is 41.4 Å². The molecule has 0 atom stereocenters. The van der Waals surface area contributed by atoms with Crippen LogP contribution in [0.3, 0.4) is 0 Å². The number of carbonyl (C=O) groups excluding carboxylic acids is 2. The molecule has 0 aliphatic carbocycles. The molecule has 7 aromatic rings. The Labute approximate surface area is 482 Å². The maximum atomic E-state index is 13.2. The number of Topliss-reactive ketones (excluding diaryl/α,β-unsaturated/α-hetero) is 1. The molecule has 0 radical (unpaired) electrons. The Hall–Kier alpha value is -10.6. The van der Waals surface area contributed by atoms with Crippen molar-refractivity contribution < 1.29 is 43.8 Å². The van der Waals surface area contributed by atoms with Crippen molar-refractivity contribution in [2.24, 2.45) is 10.9 Å². The van der Waals surface area contributed by atoms with Crippen molar-refractivity contribution in [3.63, 3.8) is 0 Å². The zero-order valence-corrected chi connectivity index (χ0v) is 48.0. The lowest BCUT2D eigenvalue weighted by atomic mass is 10.1. The number of ether oxygens (including phenoxy) is 3. The molecule has 27 heteroatoms. The molecule has 27 nitrogen and oxygen atoms in total. The number of nitro benzene ring substituents is 1. The number of nitrogens with two attached hydrogens (primary N) is 2. The Bertz CT molecular complexity index is 3710. The lowest BCUT2D eigenvalue weighted by Crippen LogP contribution is -2.35. The maximum absolute atomic E-state index is 13.2. The van der Waals surface area contributed by atoms with Crippen LogP contribution < -0.4 is 63.6 Å². The second kappa shape index (κ2) is 29.7. The van der Waals surface area contributed by atoms with Gasteiger partial charge in [-0.3, -0.25) is 52.6 Å². The number of aliphatic carboxylic acids is 1. The molecule has 3 heterocycles. The minimum Gasteiger partial charge on any atom is -0.497 e. The molecule has 0 aliphatic heterocycles. The fourth-order valence-corrected chi connectivity index (χ4v) is 7.98. The number of aromatic nitrogens is 6. The Morgan fingerprint density at radius 3 is 1.55 bits per heavy atom. The van der Waals surface area contributed by atoms with Crippen molar-refractivity contribution in [2.75, 3.05) is 43.0 Å². The van der Waals surface area contributed by atoms with Crippen molar-refractivity contribution >= 4 is 52.3 Å². The van der Waals surface area contributed by atoms with Gasteiger partial charge in [0.1, 0.15) is 36.1 Å². The lowest BCUT2D eigenvalue weighted by molar-refractivity contribution is -0.384. The Morgan fingerprint density at radius 1 is 0.643 bits per heavy atom. The smallest absolute Gasteiger partial charge is 0.323 e. The van der Waals surface area contributed by atoms with Crippen LogP contribution >= 0.6 is 0 Å². The number of amides is 1. The molecule has 10 N–H and O–H groups in total. The number of methoxy groups -OCH3 is 3. The van der Waals surface area contributed by atoms with Gasteiger partial charge in [-0.05, 0) is 84.4 Å². The summed E-state index contributed by atoms with van der Waals surface area (Å²) in [7, 11) is 4.45. The van der Waals surface area contributed by atoms with Gasteiger partial charge in [-0.15, -0.1) is 0 Å². The van der Waals surface area contributed by atoms with E-state index in [4.69, 9.17) is 36.0 Å². The normalized spacial score (nSPS) is 10.9. The number of hydrogen-bond acceptors (Lipinski definition) is 20. The molecule has 4 aromatic carbocycles. The molecule has 0 bridgehead atoms. The van der Waals surface area contributed by atoms with Crippen LogP contribution in [0.1, 0.15) is 59.6 Å². The molecule has 0 saturated carbocycles. The Balaban J connectivity index is 0.000000237. The van der Waals surface area contributed by atoms with Gasteiger partial charge < -0.3 is 57.3 Å². The first-order valence-electron chi connectivity index (χ1n) is 25.9. The minimum absolute atomic E-state index is 0.000666. The van der Waals surface area contributed by atoms with E-state index in [0.717, 1.165) is 15.7 Å². The largest absolute Gasteiger partial charge is 0.497 e. The molecule has 7 rings (SSSR count). The molecule has 0 unspecified atom stereocenters. The van der Waals surface area contributed by atoms with Crippen molar-refractivity contribution in [1.29, 1.82) is 0 Å². The molecule has 3 aromatic heterocycles. The number of anilines is 4. The predicted octanol–water partition coefficient (Wildman–Crippen LogP) is 5.79. The van der Waals surface area contributed by atoms with Gasteiger partial charge in [-0.1, -0.05) is 41.6 Å². The van der Waals surface area contributed by atoms with Gasteiger partial charge in [0.05, 0.1) is 74.5 Å². The second-order valence-corrected chi connectivity index (χ2v) is 19.5. The highest BCUT2D eigenvalue weighted by atomic mass is 16.6. The van der Waals surface area contributed by atoms with Crippen molar-refractivity contribution in [2.45, 2.75) is 92.8 Å². The number of carbonyl (C=O) groups is 3. The monoisotopic (exact) mass is 1160 g/mol. The zero-order chi connectivity index (χ0) is 61.9. The van der Waals surface area contributed by atoms with Crippen LogP contribution in [0.4, 0.5) is 28.8 Å². The third kappa shape index (κ3) is 17.7. The maximum Gasteiger partial charge on any atom is 0.323 e. The van der Waals surface area contributed by atoms with Crippen molar-refractivity contribution in [3.05, 3.63) is 156 Å². The third-order valence-electron chi connectivity index (χ3n) is 11.7. The van der Waals surface area contributed by atoms with Gasteiger partial charge in [0.2, 0.25) is 5.91 Å². The number of nitro groups is 1. The molecule has 0 saturated heterocycles. The summed E-state index contributed by atoms with van der Waals surface area (Å²) in [5, 5.41) is 43.7. The lowest BCUT2D eigenvalue weighted by Gasteiger charge is -2.17. The van der Waals surface area contributed by atoms with E-state index in [1.54, 1.807) is 55.8 Å². The summed E-state index contributed by atoms with van der Waals surface area (Å²) in [5.74, 6) is 0.0807. The SMILES string of the molecule is COc1cc(-c2cnc(NC(C)C)c(=O)n2CC(=O)O)cc([N+](=O)[O-])c1.COc1cc(N)cc(-c2cnc(NC(C)C)c(=O)n2CC(=O)NCc2ccc(C(N)=NO)cc2)c1.COc1cccc(-c2cnc(NC(C)C)c(=O)n2CC(C)=O)c1. The van der Waals surface area contributed by atoms with Crippen LogP contribution in [0.5, 0.6) is 17.2 Å². The number of ketones is 1. The van der Waals surface area contributed by atoms with Gasteiger partial charge in [0, 0.05) is 64.7 Å². The van der Waals surface area contributed by atoms with Crippen molar-refractivity contribution in [3.8, 4) is 51.0 Å². The number of nitrogens with zero attached hydrogens (tertiary/aromatic N) is 8. The van der Waals surface area contributed by atoms with E-state index in [1.165, 1.54) is 60.9 Å². The quantitative estimate of drug-likeness (QED) is 0.00993. The number of benzene rings is 4. The Kier molecular flexibility index (Phi) is 22.7. The van der Waals surface area contributed by atoms with E-state index < -0.39 is 28.6 Å². The van der Waals surface area contributed by atoms with E-state index >= 15 is 0 Å². The van der Waals surface area contributed by atoms with Crippen LogP contribution in [-0.4, -0.2) is 107 Å². The highest BCUT2D eigenvalue weighted by Crippen LogP contribution is 2.30. The average Bonchev–Trinajstić information content (AvgIpc) is 3.61. The summed E-state index contributed by atoms with van der Waals surface area (Å²) in [5.41, 5.74) is 14.5. The molecular formula is C57H68N14O13. The standard InChI is InChI=1S/C24H29N7O4.C17H21N3O3.C16H18N4O6/c1-14(2)29-23-24(33)31(20(12-28-23)17-8-18(25)10-19(9-17)35-3)13-21(32)27-11-15-4-6-16(7-5-15)22(26)30-34;1-11(2)19-16-17(22)20(10-12(3)21)15(9-18-16)13-6-5-7-14(8-13)23-4;1-9(2)18-15-16(23)19(8-14(21)22)13(7-17-15)10-4-11(20(24)25)6-12(5-10)26-3/h4-10,12,14,34H,11,13,25H2,1-3H3,(H2,26,30)(H,27,32)(H,28,29);5-9,11H,10H2,1-4H3,(H,18,19);4-7,9H,8H2,1-3H3,(H,17,18)(H,21,22). The molecule has 0 fully saturated rings. The average molecular weight is 1160 g/mol. The third-order valence-corrected chi connectivity index (χ3v) is 11.7. The first-order valence-corrected chi connectivity index (χ1v) is 25.9. The predicted molar refractivity (Wildman–Crippen MR) is 318 cm³/mol. The number of carboxylic acid groups (broad SMARTS) is 1. The first kappa shape index (κ1) is 64.2. The number of hydrogen-bond donors (Lipinski definition) is 8. The molecule has 84 heavy (non-hydrogen) atoms. The highest BCUT2D eigenvalue weighted by Gasteiger charge is 2.21. The summed E-state index contributed by atoms with van der Waals surface area (Å²) in [6.07, 6.45) is 4.43. The number of carboxylic acids is 1. The van der Waals surface area contributed by atoms with Gasteiger partial charge in [-0.25, -0.2) is 15.0 Å². The second-order valence-electron chi connectivity index (χ2n) is 19.5. The summed E-state index contributed by atoms with van der Waals surface area (Å²) in [6, 6.07) is 23.1. The number of nitrogens with one attached hydrogen (secondary N) is 4. The van der Waals surface area contributed by atoms with Gasteiger partial charge >= 0.3 is 5.97 Å². The van der Waals surface area contributed by atoms with Crippen LogP contribution in [0, 0.1) is 10.1 Å². The topological polar surface area (TPSA) is 380 Å². The van der Waals surface area contributed by atoms with E-state index in [1.807, 2.05) is 65.8 Å².